The van der Waals surface area contributed by atoms with Crippen LogP contribution in [0.5, 0.6) is 0 Å². The Balaban J connectivity index is 1.84. The summed E-state index contributed by atoms with van der Waals surface area (Å²) in [7, 11) is 0. The number of hydrogen-bond donors (Lipinski definition) is 1. The minimum atomic E-state index is -0.268. The third-order valence-electron chi connectivity index (χ3n) is 3.31. The molecule has 4 nitrogen and oxygen atoms in total. The van der Waals surface area contributed by atoms with Gasteiger partial charge in [-0.3, -0.25) is 10.1 Å². The fourth-order valence-electron chi connectivity index (χ4n) is 2.21. The van der Waals surface area contributed by atoms with Crippen molar-refractivity contribution in [2.45, 2.75) is 6.92 Å². The number of rotatable bonds is 3. The van der Waals surface area contributed by atoms with Crippen LogP contribution in [0.15, 0.2) is 54.6 Å². The fourth-order valence-corrected chi connectivity index (χ4v) is 3.17. The van der Waals surface area contributed by atoms with Crippen molar-refractivity contribution in [3.63, 3.8) is 0 Å². The third-order valence-corrected chi connectivity index (χ3v) is 4.43. The number of carbonyl (C=O) groups is 1. The standard InChI is InChI=1S/C18H13N3OS/c1-12-16(14-7-3-2-4-8-14)23-18(20-12)21-17(22)15-9-5-6-13(10-15)11-19/h2-10H,1H3,(H,20,21,22). The number of nitrogens with one attached hydrogen (secondary N) is 1. The molecule has 1 amide bonds. The predicted molar refractivity (Wildman–Crippen MR) is 91.4 cm³/mol. The summed E-state index contributed by atoms with van der Waals surface area (Å²) < 4.78 is 0. The Morgan fingerprint density at radius 3 is 2.70 bits per heavy atom. The largest absolute Gasteiger partial charge is 0.298 e. The van der Waals surface area contributed by atoms with E-state index in [0.717, 1.165) is 16.1 Å². The van der Waals surface area contributed by atoms with Crippen molar-refractivity contribution >= 4 is 22.4 Å². The van der Waals surface area contributed by atoms with Gasteiger partial charge < -0.3 is 0 Å². The van der Waals surface area contributed by atoms with E-state index in [1.54, 1.807) is 24.3 Å². The van der Waals surface area contributed by atoms with Crippen LogP contribution in [-0.2, 0) is 0 Å². The molecule has 1 N–H and O–H groups in total. The van der Waals surface area contributed by atoms with Gasteiger partial charge in [0.1, 0.15) is 0 Å². The van der Waals surface area contributed by atoms with E-state index >= 15 is 0 Å². The summed E-state index contributed by atoms with van der Waals surface area (Å²) in [4.78, 5) is 17.7. The maximum atomic E-state index is 12.3. The molecule has 23 heavy (non-hydrogen) atoms. The number of nitriles is 1. The van der Waals surface area contributed by atoms with Crippen LogP contribution in [0.2, 0.25) is 0 Å². The van der Waals surface area contributed by atoms with Gasteiger partial charge in [-0.15, -0.1) is 0 Å². The average Bonchev–Trinajstić information content (AvgIpc) is 2.96. The molecule has 0 saturated heterocycles. The number of thiazole rings is 1. The molecule has 0 aliphatic heterocycles. The number of benzene rings is 2. The quantitative estimate of drug-likeness (QED) is 0.785. The van der Waals surface area contributed by atoms with Gasteiger partial charge in [-0.1, -0.05) is 47.7 Å². The van der Waals surface area contributed by atoms with Crippen molar-refractivity contribution in [3.05, 3.63) is 71.4 Å². The summed E-state index contributed by atoms with van der Waals surface area (Å²) in [6.45, 7) is 1.92. The Kier molecular flexibility index (Phi) is 4.18. The Morgan fingerprint density at radius 1 is 1.17 bits per heavy atom. The van der Waals surface area contributed by atoms with Crippen molar-refractivity contribution in [2.24, 2.45) is 0 Å². The molecule has 2 aromatic carbocycles. The Bertz CT molecular complexity index is 894. The number of hydrogen-bond acceptors (Lipinski definition) is 4. The number of aryl methyl sites for hydroxylation is 1. The lowest BCUT2D eigenvalue weighted by atomic mass is 10.1. The minimum Gasteiger partial charge on any atom is -0.298 e. The third kappa shape index (κ3) is 3.28. The highest BCUT2D eigenvalue weighted by molar-refractivity contribution is 7.19. The lowest BCUT2D eigenvalue weighted by molar-refractivity contribution is 0.102. The molecule has 3 aromatic rings. The second-order valence-corrected chi connectivity index (χ2v) is 5.95. The molecule has 0 atom stereocenters. The molecule has 0 aliphatic carbocycles. The van der Waals surface area contributed by atoms with Gasteiger partial charge in [0.15, 0.2) is 5.13 Å². The number of amides is 1. The van der Waals surface area contributed by atoms with Crippen molar-refractivity contribution in [1.29, 1.82) is 5.26 Å². The molecule has 5 heteroatoms. The molecule has 0 saturated carbocycles. The second-order valence-electron chi connectivity index (χ2n) is 4.95. The normalized spacial score (nSPS) is 10.1. The summed E-state index contributed by atoms with van der Waals surface area (Å²) >= 11 is 1.44. The smallest absolute Gasteiger partial charge is 0.257 e. The van der Waals surface area contributed by atoms with E-state index in [2.05, 4.69) is 10.3 Å². The molecule has 0 bridgehead atoms. The minimum absolute atomic E-state index is 0.268. The van der Waals surface area contributed by atoms with Crippen LogP contribution < -0.4 is 5.32 Å². The topological polar surface area (TPSA) is 65.8 Å². The number of nitrogens with zero attached hydrogens (tertiary/aromatic N) is 2. The maximum absolute atomic E-state index is 12.3. The zero-order valence-electron chi connectivity index (χ0n) is 12.4. The lowest BCUT2D eigenvalue weighted by Crippen LogP contribution is -2.11. The number of anilines is 1. The predicted octanol–water partition coefficient (Wildman–Crippen LogP) is 4.24. The van der Waals surface area contributed by atoms with Crippen LogP contribution in [0.3, 0.4) is 0 Å². The van der Waals surface area contributed by atoms with E-state index < -0.39 is 0 Å². The zero-order chi connectivity index (χ0) is 16.2. The van der Waals surface area contributed by atoms with Crippen LogP contribution >= 0.6 is 11.3 Å². The van der Waals surface area contributed by atoms with Gasteiger partial charge in [0.25, 0.3) is 5.91 Å². The first kappa shape index (κ1) is 14.9. The summed E-state index contributed by atoms with van der Waals surface area (Å²) in [5, 5.41) is 12.3. The molecule has 1 aromatic heterocycles. The van der Waals surface area contributed by atoms with E-state index in [-0.39, 0.29) is 5.91 Å². The average molecular weight is 319 g/mol. The molecule has 0 radical (unpaired) electrons. The van der Waals surface area contributed by atoms with Gasteiger partial charge in [0.05, 0.1) is 22.2 Å². The molecule has 0 aliphatic rings. The molecule has 112 valence electrons. The van der Waals surface area contributed by atoms with E-state index in [4.69, 9.17) is 5.26 Å². The molecule has 3 rings (SSSR count). The van der Waals surface area contributed by atoms with E-state index in [1.807, 2.05) is 43.3 Å². The van der Waals surface area contributed by atoms with Crippen LogP contribution in [0.1, 0.15) is 21.6 Å². The van der Waals surface area contributed by atoms with Crippen LogP contribution in [0.25, 0.3) is 10.4 Å². The summed E-state index contributed by atoms with van der Waals surface area (Å²) in [6.07, 6.45) is 0. The molecule has 0 unspecified atom stereocenters. The monoisotopic (exact) mass is 319 g/mol. The molecule has 0 fully saturated rings. The van der Waals surface area contributed by atoms with Gasteiger partial charge in [0.2, 0.25) is 0 Å². The van der Waals surface area contributed by atoms with Crippen LogP contribution in [0, 0.1) is 18.3 Å². The highest BCUT2D eigenvalue weighted by Crippen LogP contribution is 2.32. The Hall–Kier alpha value is -2.97. The van der Waals surface area contributed by atoms with Gasteiger partial charge in [-0.2, -0.15) is 5.26 Å². The van der Waals surface area contributed by atoms with E-state index in [9.17, 15) is 4.79 Å². The highest BCUT2D eigenvalue weighted by atomic mass is 32.1. The fraction of sp³-hybridized carbons (Fsp3) is 0.0556. The SMILES string of the molecule is Cc1nc(NC(=O)c2cccc(C#N)c2)sc1-c1ccccc1. The highest BCUT2D eigenvalue weighted by Gasteiger charge is 2.13. The van der Waals surface area contributed by atoms with Gasteiger partial charge in [0, 0.05) is 5.56 Å². The van der Waals surface area contributed by atoms with Crippen molar-refractivity contribution in [2.75, 3.05) is 5.32 Å². The first-order chi connectivity index (χ1) is 11.2. The summed E-state index contributed by atoms with van der Waals surface area (Å²) in [6, 6.07) is 18.6. The number of aromatic nitrogens is 1. The number of carbonyl (C=O) groups excluding carboxylic acids is 1. The molecule has 0 spiro atoms. The van der Waals surface area contributed by atoms with E-state index in [1.165, 1.54) is 11.3 Å². The van der Waals surface area contributed by atoms with Crippen molar-refractivity contribution < 1.29 is 4.79 Å². The Morgan fingerprint density at radius 2 is 1.96 bits per heavy atom. The van der Waals surface area contributed by atoms with Gasteiger partial charge in [-0.25, -0.2) is 4.98 Å². The summed E-state index contributed by atoms with van der Waals surface area (Å²) in [5.41, 5.74) is 2.85. The molecular formula is C18H13N3OS. The summed E-state index contributed by atoms with van der Waals surface area (Å²) in [5.74, 6) is -0.268. The van der Waals surface area contributed by atoms with Gasteiger partial charge in [-0.05, 0) is 30.7 Å². The first-order valence-electron chi connectivity index (χ1n) is 7.02. The van der Waals surface area contributed by atoms with E-state index in [0.29, 0.717) is 16.3 Å². The maximum Gasteiger partial charge on any atom is 0.257 e. The Labute approximate surface area is 138 Å². The molecule has 1 heterocycles. The van der Waals surface area contributed by atoms with Crippen molar-refractivity contribution in [3.8, 4) is 16.5 Å². The van der Waals surface area contributed by atoms with Gasteiger partial charge >= 0.3 is 0 Å². The van der Waals surface area contributed by atoms with Crippen molar-refractivity contribution in [1.82, 2.24) is 4.98 Å². The lowest BCUT2D eigenvalue weighted by Gasteiger charge is -2.01. The second kappa shape index (κ2) is 6.42. The van der Waals surface area contributed by atoms with Crippen LogP contribution in [-0.4, -0.2) is 10.9 Å². The van der Waals surface area contributed by atoms with Crippen LogP contribution in [0.4, 0.5) is 5.13 Å². The first-order valence-corrected chi connectivity index (χ1v) is 7.83. The zero-order valence-corrected chi connectivity index (χ0v) is 13.2. The molecular weight excluding hydrogens is 306 g/mol.